The summed E-state index contributed by atoms with van der Waals surface area (Å²) in [4.78, 5) is 0. The lowest BCUT2D eigenvalue weighted by atomic mass is 10.0. The molecule has 0 fully saturated rings. The molecular formula is C14H16BrNOS. The van der Waals surface area contributed by atoms with Crippen molar-refractivity contribution in [1.29, 1.82) is 0 Å². The number of likely N-dealkylation sites (N-methyl/N-ethyl adjacent to an activating group) is 1. The van der Waals surface area contributed by atoms with Gasteiger partial charge in [0.1, 0.15) is 5.75 Å². The highest BCUT2D eigenvalue weighted by molar-refractivity contribution is 9.11. The molecule has 1 aromatic heterocycles. The summed E-state index contributed by atoms with van der Waals surface area (Å²) in [5, 5.41) is 5.55. The molecule has 96 valence electrons. The van der Waals surface area contributed by atoms with Gasteiger partial charge in [-0.25, -0.2) is 0 Å². The molecule has 0 radical (unpaired) electrons. The van der Waals surface area contributed by atoms with Gasteiger partial charge in [0, 0.05) is 6.04 Å². The molecule has 2 nitrogen and oxygen atoms in total. The SMILES string of the molecule is CNC(Cc1cccc(OC)c1)c1csc(Br)c1. The first-order valence-electron chi connectivity index (χ1n) is 5.77. The molecule has 1 unspecified atom stereocenters. The van der Waals surface area contributed by atoms with E-state index in [1.54, 1.807) is 18.4 Å². The Labute approximate surface area is 120 Å². The summed E-state index contributed by atoms with van der Waals surface area (Å²) < 4.78 is 6.42. The molecule has 0 aliphatic rings. The molecule has 18 heavy (non-hydrogen) atoms. The fraction of sp³-hybridized carbons (Fsp3) is 0.286. The van der Waals surface area contributed by atoms with Crippen LogP contribution in [-0.4, -0.2) is 14.2 Å². The second kappa shape index (κ2) is 6.36. The minimum atomic E-state index is 0.333. The Balaban J connectivity index is 2.14. The number of rotatable bonds is 5. The normalized spacial score (nSPS) is 12.4. The molecular weight excluding hydrogens is 310 g/mol. The fourth-order valence-corrected chi connectivity index (χ4v) is 3.16. The number of nitrogens with one attached hydrogen (secondary N) is 1. The van der Waals surface area contributed by atoms with Gasteiger partial charge in [-0.3, -0.25) is 0 Å². The monoisotopic (exact) mass is 325 g/mol. The first kappa shape index (κ1) is 13.6. The maximum absolute atomic E-state index is 5.25. The second-order valence-electron chi connectivity index (χ2n) is 4.08. The number of hydrogen-bond donors (Lipinski definition) is 1. The van der Waals surface area contributed by atoms with Crippen LogP contribution in [0.1, 0.15) is 17.2 Å². The van der Waals surface area contributed by atoms with Gasteiger partial charge in [-0.15, -0.1) is 11.3 Å². The van der Waals surface area contributed by atoms with Crippen molar-refractivity contribution >= 4 is 27.3 Å². The van der Waals surface area contributed by atoms with E-state index in [9.17, 15) is 0 Å². The summed E-state index contributed by atoms with van der Waals surface area (Å²) in [7, 11) is 3.70. The van der Waals surface area contributed by atoms with Crippen LogP contribution in [0.4, 0.5) is 0 Å². The van der Waals surface area contributed by atoms with Gasteiger partial charge >= 0.3 is 0 Å². The molecule has 0 saturated heterocycles. The van der Waals surface area contributed by atoms with E-state index in [2.05, 4.69) is 44.8 Å². The van der Waals surface area contributed by atoms with E-state index in [0.717, 1.165) is 12.2 Å². The predicted molar refractivity (Wildman–Crippen MR) is 80.5 cm³/mol. The van der Waals surface area contributed by atoms with E-state index in [0.29, 0.717) is 6.04 Å². The summed E-state index contributed by atoms with van der Waals surface area (Å²) in [6.45, 7) is 0. The molecule has 4 heteroatoms. The number of hydrogen-bond acceptors (Lipinski definition) is 3. The van der Waals surface area contributed by atoms with Crippen molar-refractivity contribution in [2.75, 3.05) is 14.2 Å². The molecule has 1 N–H and O–H groups in total. The van der Waals surface area contributed by atoms with Gasteiger partial charge in [0.25, 0.3) is 0 Å². The molecule has 0 spiro atoms. The molecule has 1 aromatic carbocycles. The summed E-state index contributed by atoms with van der Waals surface area (Å²) in [5.74, 6) is 0.911. The predicted octanol–water partition coefficient (Wildman–Crippen LogP) is 4.02. The zero-order chi connectivity index (χ0) is 13.0. The van der Waals surface area contributed by atoms with Crippen molar-refractivity contribution in [3.63, 3.8) is 0 Å². The van der Waals surface area contributed by atoms with E-state index in [-0.39, 0.29) is 0 Å². The van der Waals surface area contributed by atoms with Crippen molar-refractivity contribution in [1.82, 2.24) is 5.32 Å². The summed E-state index contributed by atoms with van der Waals surface area (Å²) in [6.07, 6.45) is 0.955. The first-order chi connectivity index (χ1) is 8.72. The van der Waals surface area contributed by atoms with Crippen molar-refractivity contribution in [2.24, 2.45) is 0 Å². The second-order valence-corrected chi connectivity index (χ2v) is 6.37. The lowest BCUT2D eigenvalue weighted by Gasteiger charge is -2.15. The van der Waals surface area contributed by atoms with Crippen molar-refractivity contribution in [2.45, 2.75) is 12.5 Å². The van der Waals surface area contributed by atoms with Gasteiger partial charge in [0.05, 0.1) is 10.9 Å². The highest BCUT2D eigenvalue weighted by Gasteiger charge is 2.12. The van der Waals surface area contributed by atoms with Crippen LogP contribution in [0.3, 0.4) is 0 Å². The van der Waals surface area contributed by atoms with Crippen LogP contribution in [0.5, 0.6) is 5.75 Å². The van der Waals surface area contributed by atoms with Crippen molar-refractivity contribution < 1.29 is 4.74 Å². The van der Waals surface area contributed by atoms with Crippen LogP contribution in [0.2, 0.25) is 0 Å². The minimum Gasteiger partial charge on any atom is -0.497 e. The van der Waals surface area contributed by atoms with Crippen molar-refractivity contribution in [3.05, 3.63) is 50.6 Å². The Morgan fingerprint density at radius 2 is 2.22 bits per heavy atom. The van der Waals surface area contributed by atoms with E-state index >= 15 is 0 Å². The maximum atomic E-state index is 5.25. The molecule has 1 heterocycles. The van der Waals surface area contributed by atoms with Gasteiger partial charge in [-0.2, -0.15) is 0 Å². The van der Waals surface area contributed by atoms with Gasteiger partial charge in [-0.05, 0) is 64.1 Å². The topological polar surface area (TPSA) is 21.3 Å². The Hall–Kier alpha value is -0.840. The van der Waals surface area contributed by atoms with Crippen LogP contribution >= 0.6 is 27.3 Å². The third kappa shape index (κ3) is 3.34. The largest absolute Gasteiger partial charge is 0.497 e. The van der Waals surface area contributed by atoms with Crippen LogP contribution in [0.15, 0.2) is 39.5 Å². The number of methoxy groups -OCH3 is 1. The van der Waals surface area contributed by atoms with Crippen LogP contribution in [-0.2, 0) is 6.42 Å². The van der Waals surface area contributed by atoms with E-state index in [4.69, 9.17) is 4.74 Å². The van der Waals surface area contributed by atoms with Gasteiger partial charge in [0.2, 0.25) is 0 Å². The summed E-state index contributed by atoms with van der Waals surface area (Å²) in [5.41, 5.74) is 2.59. The molecule has 1 atom stereocenters. The zero-order valence-corrected chi connectivity index (χ0v) is 12.8. The molecule has 0 amide bonds. The number of benzene rings is 1. The first-order valence-corrected chi connectivity index (χ1v) is 7.44. The summed E-state index contributed by atoms with van der Waals surface area (Å²) >= 11 is 5.23. The Morgan fingerprint density at radius 3 is 2.83 bits per heavy atom. The zero-order valence-electron chi connectivity index (χ0n) is 10.4. The molecule has 0 saturated carbocycles. The van der Waals surface area contributed by atoms with Crippen LogP contribution in [0, 0.1) is 0 Å². The number of thiophene rings is 1. The standard InChI is InChI=1S/C14H16BrNOS/c1-16-13(11-8-14(15)18-9-11)7-10-4-3-5-12(6-10)17-2/h3-6,8-9,13,16H,7H2,1-2H3. The molecule has 2 aromatic rings. The van der Waals surface area contributed by atoms with Crippen LogP contribution in [0.25, 0.3) is 0 Å². The van der Waals surface area contributed by atoms with Gasteiger partial charge in [0.15, 0.2) is 0 Å². The molecule has 0 aliphatic heterocycles. The van der Waals surface area contributed by atoms with Gasteiger partial charge < -0.3 is 10.1 Å². The lowest BCUT2D eigenvalue weighted by molar-refractivity contribution is 0.414. The highest BCUT2D eigenvalue weighted by atomic mass is 79.9. The molecule has 2 rings (SSSR count). The Kier molecular flexibility index (Phi) is 4.80. The van der Waals surface area contributed by atoms with Crippen molar-refractivity contribution in [3.8, 4) is 5.75 Å². The number of ether oxygens (including phenoxy) is 1. The van der Waals surface area contributed by atoms with Crippen LogP contribution < -0.4 is 10.1 Å². The maximum Gasteiger partial charge on any atom is 0.119 e. The average molecular weight is 326 g/mol. The summed E-state index contributed by atoms with van der Waals surface area (Å²) in [6, 6.07) is 10.7. The fourth-order valence-electron chi connectivity index (χ4n) is 1.93. The number of halogens is 1. The highest BCUT2D eigenvalue weighted by Crippen LogP contribution is 2.27. The Morgan fingerprint density at radius 1 is 1.39 bits per heavy atom. The molecule has 0 aliphatic carbocycles. The average Bonchev–Trinajstić information content (AvgIpc) is 2.82. The third-order valence-corrected chi connectivity index (χ3v) is 4.44. The smallest absolute Gasteiger partial charge is 0.119 e. The Bertz CT molecular complexity index is 512. The van der Waals surface area contributed by atoms with E-state index in [1.807, 2.05) is 19.2 Å². The van der Waals surface area contributed by atoms with Gasteiger partial charge in [-0.1, -0.05) is 12.1 Å². The van der Waals surface area contributed by atoms with E-state index < -0.39 is 0 Å². The quantitative estimate of drug-likeness (QED) is 0.896. The lowest BCUT2D eigenvalue weighted by Crippen LogP contribution is -2.18. The molecule has 0 bridgehead atoms. The third-order valence-electron chi connectivity index (χ3n) is 2.91. The van der Waals surface area contributed by atoms with E-state index in [1.165, 1.54) is 14.9 Å². The minimum absolute atomic E-state index is 0.333.